The fourth-order valence-electron chi connectivity index (χ4n) is 0.631. The average Bonchev–Trinajstić information content (AvgIpc) is 1.98. The van der Waals surface area contributed by atoms with Gasteiger partial charge in [0.15, 0.2) is 0 Å². The standard InChI is InChI=1S/C7H15O4P/c1-3-4-5-6-11-12(9,10)7(2)8/h3-6H2,1-2H3,(H,9,10). The fourth-order valence-corrected chi connectivity index (χ4v) is 1.19. The monoisotopic (exact) mass is 194 g/mol. The van der Waals surface area contributed by atoms with Crippen LogP contribution < -0.4 is 0 Å². The van der Waals surface area contributed by atoms with Crippen LogP contribution in [0.4, 0.5) is 0 Å². The van der Waals surface area contributed by atoms with Crippen molar-refractivity contribution in [3.8, 4) is 0 Å². The third kappa shape index (κ3) is 4.65. The van der Waals surface area contributed by atoms with Gasteiger partial charge in [0.25, 0.3) is 0 Å². The van der Waals surface area contributed by atoms with E-state index < -0.39 is 13.1 Å². The van der Waals surface area contributed by atoms with Gasteiger partial charge in [0.2, 0.25) is 5.52 Å². The molecule has 0 aliphatic rings. The topological polar surface area (TPSA) is 63.6 Å². The largest absolute Gasteiger partial charge is 0.393 e. The Bertz CT molecular complexity index is 190. The summed E-state index contributed by atoms with van der Waals surface area (Å²) in [5.41, 5.74) is -0.793. The minimum Gasteiger partial charge on any atom is -0.319 e. The van der Waals surface area contributed by atoms with Crippen molar-refractivity contribution in [3.05, 3.63) is 0 Å². The number of carbonyl (C=O) groups is 1. The molecular formula is C7H15O4P. The molecule has 0 saturated heterocycles. The summed E-state index contributed by atoms with van der Waals surface area (Å²) in [6.45, 7) is 3.26. The molecule has 0 heterocycles. The summed E-state index contributed by atoms with van der Waals surface area (Å²) in [6.07, 6.45) is 2.67. The molecule has 1 N–H and O–H groups in total. The van der Waals surface area contributed by atoms with Crippen molar-refractivity contribution >= 4 is 13.1 Å². The Balaban J connectivity index is 3.63. The molecule has 0 aliphatic carbocycles. The Kier molecular flexibility index (Phi) is 5.38. The molecule has 1 atom stereocenters. The first-order valence-corrected chi connectivity index (χ1v) is 5.57. The van der Waals surface area contributed by atoms with Crippen LogP contribution in [-0.2, 0) is 13.9 Å². The molecule has 0 spiro atoms. The van der Waals surface area contributed by atoms with Crippen molar-refractivity contribution in [2.75, 3.05) is 6.61 Å². The summed E-state index contributed by atoms with van der Waals surface area (Å²) in [7, 11) is -3.94. The zero-order valence-corrected chi connectivity index (χ0v) is 8.34. The molecule has 1 unspecified atom stereocenters. The van der Waals surface area contributed by atoms with E-state index in [0.717, 1.165) is 19.8 Å². The maximum absolute atomic E-state index is 10.9. The van der Waals surface area contributed by atoms with Crippen molar-refractivity contribution in [1.29, 1.82) is 0 Å². The summed E-state index contributed by atoms with van der Waals surface area (Å²) in [5, 5.41) is 0. The average molecular weight is 194 g/mol. The summed E-state index contributed by atoms with van der Waals surface area (Å²) in [5.74, 6) is 0. The van der Waals surface area contributed by atoms with Gasteiger partial charge in [-0.3, -0.25) is 9.36 Å². The Morgan fingerprint density at radius 2 is 2.08 bits per heavy atom. The van der Waals surface area contributed by atoms with Gasteiger partial charge in [-0.05, 0) is 6.42 Å². The van der Waals surface area contributed by atoms with E-state index in [0.29, 0.717) is 6.42 Å². The third-order valence-corrected chi connectivity index (χ3v) is 2.74. The van der Waals surface area contributed by atoms with Crippen molar-refractivity contribution in [2.45, 2.75) is 33.1 Å². The van der Waals surface area contributed by atoms with Crippen LogP contribution in [0.3, 0.4) is 0 Å². The molecule has 0 fully saturated rings. The molecule has 0 rings (SSSR count). The third-order valence-electron chi connectivity index (χ3n) is 1.41. The van der Waals surface area contributed by atoms with Gasteiger partial charge >= 0.3 is 7.60 Å². The van der Waals surface area contributed by atoms with E-state index >= 15 is 0 Å². The van der Waals surface area contributed by atoms with Gasteiger partial charge in [-0.2, -0.15) is 0 Å². The second-order valence-corrected chi connectivity index (χ2v) is 4.51. The molecular weight excluding hydrogens is 179 g/mol. The summed E-state index contributed by atoms with van der Waals surface area (Å²) in [4.78, 5) is 19.4. The molecule has 4 nitrogen and oxygen atoms in total. The van der Waals surface area contributed by atoms with Gasteiger partial charge in [-0.1, -0.05) is 19.8 Å². The molecule has 0 aromatic carbocycles. The van der Waals surface area contributed by atoms with Crippen LogP contribution in [0.15, 0.2) is 0 Å². The number of hydrogen-bond acceptors (Lipinski definition) is 3. The quantitative estimate of drug-likeness (QED) is 0.518. The highest BCUT2D eigenvalue weighted by molar-refractivity contribution is 7.70. The van der Waals surface area contributed by atoms with Gasteiger partial charge in [0.05, 0.1) is 6.61 Å². The number of carbonyl (C=O) groups excluding carboxylic acids is 1. The maximum atomic E-state index is 10.9. The van der Waals surface area contributed by atoms with E-state index in [1.54, 1.807) is 0 Å². The first-order chi connectivity index (χ1) is 5.50. The second-order valence-electron chi connectivity index (χ2n) is 2.58. The second kappa shape index (κ2) is 5.46. The molecule has 0 bridgehead atoms. The summed E-state index contributed by atoms with van der Waals surface area (Å²) < 4.78 is 15.4. The van der Waals surface area contributed by atoms with Crippen molar-refractivity contribution < 1.29 is 18.8 Å². The van der Waals surface area contributed by atoms with Gasteiger partial charge in [0.1, 0.15) is 0 Å². The Morgan fingerprint density at radius 3 is 2.50 bits per heavy atom. The van der Waals surface area contributed by atoms with Crippen LogP contribution in [0.5, 0.6) is 0 Å². The maximum Gasteiger partial charge on any atom is 0.393 e. The highest BCUT2D eigenvalue weighted by atomic mass is 31.2. The first-order valence-electron chi connectivity index (χ1n) is 3.99. The van der Waals surface area contributed by atoms with Crippen LogP contribution >= 0.6 is 7.60 Å². The van der Waals surface area contributed by atoms with Gasteiger partial charge in [-0.25, -0.2) is 0 Å². The summed E-state index contributed by atoms with van der Waals surface area (Å²) in [6, 6.07) is 0. The first kappa shape index (κ1) is 11.8. The minimum atomic E-state index is -3.94. The molecule has 0 aliphatic heterocycles. The van der Waals surface area contributed by atoms with E-state index in [1.165, 1.54) is 0 Å². The predicted molar refractivity (Wildman–Crippen MR) is 46.0 cm³/mol. The molecule has 0 radical (unpaired) electrons. The van der Waals surface area contributed by atoms with E-state index in [2.05, 4.69) is 4.52 Å². The van der Waals surface area contributed by atoms with Gasteiger partial charge in [-0.15, -0.1) is 0 Å². The molecule has 0 aromatic heterocycles. The SMILES string of the molecule is CCCCCOP(=O)(O)C(C)=O. The Morgan fingerprint density at radius 1 is 1.50 bits per heavy atom. The predicted octanol–water partition coefficient (Wildman–Crippen LogP) is 1.93. The summed E-state index contributed by atoms with van der Waals surface area (Å²) >= 11 is 0. The molecule has 0 saturated carbocycles. The lowest BCUT2D eigenvalue weighted by Crippen LogP contribution is -1.99. The van der Waals surface area contributed by atoms with Crippen LogP contribution in [0.1, 0.15) is 33.1 Å². The number of hydrogen-bond donors (Lipinski definition) is 1. The van der Waals surface area contributed by atoms with Crippen molar-refractivity contribution in [3.63, 3.8) is 0 Å². The van der Waals surface area contributed by atoms with Crippen LogP contribution in [-0.4, -0.2) is 17.0 Å². The number of unbranched alkanes of at least 4 members (excludes halogenated alkanes) is 2. The van der Waals surface area contributed by atoms with Crippen LogP contribution in [0.2, 0.25) is 0 Å². The smallest absolute Gasteiger partial charge is 0.319 e. The van der Waals surface area contributed by atoms with Gasteiger partial charge in [0, 0.05) is 6.92 Å². The molecule has 0 amide bonds. The zero-order chi connectivity index (χ0) is 9.61. The van der Waals surface area contributed by atoms with E-state index in [9.17, 15) is 9.36 Å². The lowest BCUT2D eigenvalue weighted by molar-refractivity contribution is -0.111. The zero-order valence-electron chi connectivity index (χ0n) is 7.45. The Hall–Kier alpha value is -0.180. The fraction of sp³-hybridized carbons (Fsp3) is 0.857. The lowest BCUT2D eigenvalue weighted by atomic mass is 10.3. The Labute approximate surface area is 72.5 Å². The van der Waals surface area contributed by atoms with E-state index in [-0.39, 0.29) is 6.61 Å². The van der Waals surface area contributed by atoms with Crippen molar-refractivity contribution in [2.24, 2.45) is 0 Å². The molecule has 5 heteroatoms. The van der Waals surface area contributed by atoms with Crippen LogP contribution in [0.25, 0.3) is 0 Å². The van der Waals surface area contributed by atoms with E-state index in [4.69, 9.17) is 4.89 Å². The number of rotatable bonds is 6. The minimum absolute atomic E-state index is 0.182. The van der Waals surface area contributed by atoms with Crippen molar-refractivity contribution in [1.82, 2.24) is 0 Å². The van der Waals surface area contributed by atoms with E-state index in [1.807, 2.05) is 6.92 Å². The molecule has 72 valence electrons. The molecule has 12 heavy (non-hydrogen) atoms. The molecule has 0 aromatic rings. The lowest BCUT2D eigenvalue weighted by Gasteiger charge is -2.07. The van der Waals surface area contributed by atoms with Gasteiger partial charge < -0.3 is 9.42 Å². The normalized spacial score (nSPS) is 15.6. The highest BCUT2D eigenvalue weighted by Crippen LogP contribution is 2.42. The van der Waals surface area contributed by atoms with Crippen LogP contribution in [0, 0.1) is 0 Å². The highest BCUT2D eigenvalue weighted by Gasteiger charge is 2.25.